The molecule has 3 heterocycles. The van der Waals surface area contributed by atoms with Crippen molar-refractivity contribution in [1.29, 1.82) is 0 Å². The van der Waals surface area contributed by atoms with Crippen LogP contribution in [-0.4, -0.2) is 60.3 Å². The van der Waals surface area contributed by atoms with E-state index < -0.39 is 0 Å². The molecule has 0 aliphatic carbocycles. The van der Waals surface area contributed by atoms with Gasteiger partial charge in [-0.2, -0.15) is 0 Å². The quantitative estimate of drug-likeness (QED) is 0.712. The average Bonchev–Trinajstić information content (AvgIpc) is 2.99. The highest BCUT2D eigenvalue weighted by molar-refractivity contribution is 6.29. The minimum absolute atomic E-state index is 0.675. The van der Waals surface area contributed by atoms with Gasteiger partial charge in [-0.1, -0.05) is 23.9 Å². The second-order valence-electron chi connectivity index (χ2n) is 6.30. The van der Waals surface area contributed by atoms with Gasteiger partial charge in [0, 0.05) is 37.4 Å². The second-order valence-corrected chi connectivity index (χ2v) is 6.89. The standard InChI is InChI=1S/C21H24ClN5O/c1-3-18(7-6-17(2)22)27-20-8-10-23-9-4-5-19(20)21(25-27)24-11-12-26-13-15-28-16-14-26/h3-4,6-7,9-10H,1,11-16H2,2H3,(H,24,25)/b17-6+,18-7+,23-9?. The predicted octanol–water partition coefficient (Wildman–Crippen LogP) is 1.71. The van der Waals surface area contributed by atoms with Crippen molar-refractivity contribution in [2.24, 2.45) is 4.99 Å². The van der Waals surface area contributed by atoms with Gasteiger partial charge in [0.15, 0.2) is 5.82 Å². The Balaban J connectivity index is 1.94. The molecule has 1 aromatic rings. The fraction of sp³-hybridized carbons (Fsp3) is 0.333. The molecule has 1 saturated heterocycles. The summed E-state index contributed by atoms with van der Waals surface area (Å²) in [4.78, 5) is 6.50. The predicted molar refractivity (Wildman–Crippen MR) is 116 cm³/mol. The van der Waals surface area contributed by atoms with E-state index in [4.69, 9.17) is 21.4 Å². The van der Waals surface area contributed by atoms with Crippen molar-refractivity contribution >= 4 is 40.8 Å². The molecule has 0 bridgehead atoms. The lowest BCUT2D eigenvalue weighted by Gasteiger charge is -2.26. The Labute approximate surface area is 169 Å². The fourth-order valence-electron chi connectivity index (χ4n) is 2.89. The molecule has 2 aliphatic heterocycles. The molecule has 1 aromatic heterocycles. The number of anilines is 1. The largest absolute Gasteiger partial charge is 0.379 e. The highest BCUT2D eigenvalue weighted by Gasteiger charge is 2.12. The number of nitrogens with one attached hydrogen (secondary N) is 1. The van der Waals surface area contributed by atoms with Crippen LogP contribution in [0, 0.1) is 0 Å². The van der Waals surface area contributed by atoms with Crippen LogP contribution in [0.3, 0.4) is 0 Å². The van der Waals surface area contributed by atoms with Gasteiger partial charge >= 0.3 is 0 Å². The van der Waals surface area contributed by atoms with Gasteiger partial charge in [-0.25, -0.2) is 4.68 Å². The SMILES string of the molecule is C=C/C(=C\C=C(/C)Cl)n1nc(NCCN2CCOCC2)c2c1=C=CN=CC=C=2. The number of hydrogen-bond acceptors (Lipinski definition) is 5. The molecule has 1 N–H and O–H groups in total. The lowest BCUT2D eigenvalue weighted by molar-refractivity contribution is 0.0398. The van der Waals surface area contributed by atoms with Crippen molar-refractivity contribution in [2.45, 2.75) is 6.92 Å². The highest BCUT2D eigenvalue weighted by atomic mass is 35.5. The first kappa shape index (κ1) is 20.2. The van der Waals surface area contributed by atoms with Crippen LogP contribution in [0.15, 0.2) is 47.1 Å². The van der Waals surface area contributed by atoms with Gasteiger partial charge in [0.2, 0.25) is 0 Å². The third-order valence-corrected chi connectivity index (χ3v) is 4.44. The average molecular weight is 398 g/mol. The first-order chi connectivity index (χ1) is 13.7. The number of ether oxygens (including phenoxy) is 1. The maximum atomic E-state index is 5.97. The number of fused-ring (bicyclic) bond motifs is 1. The molecule has 2 aliphatic rings. The number of rotatable bonds is 7. The zero-order chi connectivity index (χ0) is 19.8. The summed E-state index contributed by atoms with van der Waals surface area (Å²) in [6, 6.07) is 0. The fourth-order valence-corrected chi connectivity index (χ4v) is 2.95. The van der Waals surface area contributed by atoms with E-state index in [1.807, 2.05) is 19.1 Å². The Morgan fingerprint density at radius 3 is 2.93 bits per heavy atom. The van der Waals surface area contributed by atoms with E-state index in [0.29, 0.717) is 5.03 Å². The van der Waals surface area contributed by atoms with Gasteiger partial charge in [0.1, 0.15) is 5.35 Å². The lowest BCUT2D eigenvalue weighted by Crippen LogP contribution is -2.39. The van der Waals surface area contributed by atoms with Gasteiger partial charge in [0.25, 0.3) is 0 Å². The zero-order valence-corrected chi connectivity index (χ0v) is 16.7. The molecule has 0 amide bonds. The molecule has 0 unspecified atom stereocenters. The highest BCUT2D eigenvalue weighted by Crippen LogP contribution is 2.06. The monoisotopic (exact) mass is 397 g/mol. The van der Waals surface area contributed by atoms with Crippen molar-refractivity contribution in [2.75, 3.05) is 44.7 Å². The number of aromatic nitrogens is 2. The Morgan fingerprint density at radius 2 is 2.18 bits per heavy atom. The van der Waals surface area contributed by atoms with Crippen LogP contribution in [0.4, 0.5) is 5.82 Å². The number of nitrogens with zero attached hydrogens (tertiary/aromatic N) is 4. The van der Waals surface area contributed by atoms with E-state index >= 15 is 0 Å². The van der Waals surface area contributed by atoms with E-state index in [9.17, 15) is 0 Å². The minimum atomic E-state index is 0.675. The summed E-state index contributed by atoms with van der Waals surface area (Å²) < 4.78 is 7.17. The van der Waals surface area contributed by atoms with Crippen LogP contribution < -0.4 is 15.9 Å². The normalized spacial score (nSPS) is 17.4. The van der Waals surface area contributed by atoms with Gasteiger partial charge in [-0.3, -0.25) is 9.89 Å². The summed E-state index contributed by atoms with van der Waals surface area (Å²) >= 11 is 5.97. The third-order valence-electron chi connectivity index (χ3n) is 4.31. The first-order valence-electron chi connectivity index (χ1n) is 9.22. The van der Waals surface area contributed by atoms with Gasteiger partial charge in [-0.05, 0) is 31.2 Å². The van der Waals surface area contributed by atoms with E-state index in [1.165, 1.54) is 0 Å². The molecule has 0 saturated carbocycles. The molecule has 6 nitrogen and oxygen atoms in total. The van der Waals surface area contributed by atoms with Crippen LogP contribution in [0.25, 0.3) is 17.2 Å². The topological polar surface area (TPSA) is 54.7 Å². The number of aliphatic imine (C=N–C) groups is 1. The number of morpholine rings is 1. The van der Waals surface area contributed by atoms with Crippen LogP contribution >= 0.6 is 11.6 Å². The molecular formula is C21H24ClN5O. The number of hydrogen-bond donors (Lipinski definition) is 1. The van der Waals surface area contributed by atoms with E-state index in [1.54, 1.807) is 29.2 Å². The summed E-state index contributed by atoms with van der Waals surface area (Å²) in [5, 5.41) is 10.4. The lowest BCUT2D eigenvalue weighted by atomic mass is 10.3. The molecular weight excluding hydrogens is 374 g/mol. The van der Waals surface area contributed by atoms with Crippen molar-refractivity contribution in [3.8, 4) is 0 Å². The van der Waals surface area contributed by atoms with Crippen molar-refractivity contribution in [3.05, 3.63) is 52.7 Å². The zero-order valence-electron chi connectivity index (χ0n) is 16.0. The Morgan fingerprint density at radius 1 is 1.36 bits per heavy atom. The number of halogens is 1. The van der Waals surface area contributed by atoms with Crippen LogP contribution in [-0.2, 0) is 4.74 Å². The van der Waals surface area contributed by atoms with Gasteiger partial charge < -0.3 is 10.1 Å². The minimum Gasteiger partial charge on any atom is -0.379 e. The Bertz CT molecular complexity index is 994. The molecule has 146 valence electrons. The van der Waals surface area contributed by atoms with Gasteiger partial charge in [-0.15, -0.1) is 10.8 Å². The summed E-state index contributed by atoms with van der Waals surface area (Å²) in [6.07, 6.45) is 10.5. The maximum Gasteiger partial charge on any atom is 0.165 e. The smallest absolute Gasteiger partial charge is 0.165 e. The molecule has 7 heteroatoms. The second kappa shape index (κ2) is 10.1. The molecule has 1 fully saturated rings. The molecule has 28 heavy (non-hydrogen) atoms. The summed E-state index contributed by atoms with van der Waals surface area (Å²) in [5.74, 6) is 0.745. The van der Waals surface area contributed by atoms with Crippen LogP contribution in [0.2, 0.25) is 0 Å². The van der Waals surface area contributed by atoms with Gasteiger partial charge in [0.05, 0.1) is 30.3 Å². The first-order valence-corrected chi connectivity index (χ1v) is 9.60. The molecule has 0 radical (unpaired) electrons. The third kappa shape index (κ3) is 5.23. The van der Waals surface area contributed by atoms with E-state index in [2.05, 4.69) is 33.3 Å². The van der Waals surface area contributed by atoms with E-state index in [0.717, 1.165) is 61.5 Å². The molecule has 3 rings (SSSR count). The summed E-state index contributed by atoms with van der Waals surface area (Å²) in [7, 11) is 0. The summed E-state index contributed by atoms with van der Waals surface area (Å²) in [6.45, 7) is 10.9. The number of allylic oxidation sites excluding steroid dienone is 6. The van der Waals surface area contributed by atoms with Crippen molar-refractivity contribution in [1.82, 2.24) is 14.7 Å². The van der Waals surface area contributed by atoms with Crippen molar-refractivity contribution in [3.63, 3.8) is 0 Å². The Hall–Kier alpha value is -2.59. The Kier molecular flexibility index (Phi) is 7.26. The van der Waals surface area contributed by atoms with Crippen LogP contribution in [0.5, 0.6) is 0 Å². The maximum absolute atomic E-state index is 5.97. The van der Waals surface area contributed by atoms with Crippen LogP contribution in [0.1, 0.15) is 6.92 Å². The molecule has 0 aromatic carbocycles. The molecule has 0 atom stereocenters. The van der Waals surface area contributed by atoms with E-state index in [-0.39, 0.29) is 0 Å². The van der Waals surface area contributed by atoms with Crippen molar-refractivity contribution < 1.29 is 4.74 Å². The summed E-state index contributed by atoms with van der Waals surface area (Å²) in [5.41, 5.74) is 7.21. The molecule has 0 spiro atoms.